The Bertz CT molecular complexity index is 708. The van der Waals surface area contributed by atoms with Gasteiger partial charge < -0.3 is 10.2 Å². The summed E-state index contributed by atoms with van der Waals surface area (Å²) in [6.45, 7) is 11.3. The van der Waals surface area contributed by atoms with E-state index < -0.39 is 10.0 Å². The first-order valence-corrected chi connectivity index (χ1v) is 11.2. The third-order valence-electron chi connectivity index (χ3n) is 4.92. The number of hydrogen-bond donors (Lipinski definition) is 1. The lowest BCUT2D eigenvalue weighted by molar-refractivity contribution is -0.132. The molecule has 152 valence electrons. The number of amides is 1. The second kappa shape index (κ2) is 9.66. The summed E-state index contributed by atoms with van der Waals surface area (Å²) in [5.41, 5.74) is 1.10. The normalized spacial score (nSPS) is 15.7. The zero-order valence-corrected chi connectivity index (χ0v) is 17.8. The molecule has 0 spiro atoms. The van der Waals surface area contributed by atoms with E-state index in [9.17, 15) is 13.2 Å². The largest absolute Gasteiger partial charge is 0.339 e. The molecule has 6 nitrogen and oxygen atoms in total. The lowest BCUT2D eigenvalue weighted by Gasteiger charge is -2.30. The standard InChI is InChI=1S/C20H33N3O3S/c1-16(2)9-12-23(15-20(24)22-13-10-21-11-14-22)27(25,26)19-7-5-18(6-8-19)17(3)4/h5-8,16-17,21H,9-15H2,1-4H3. The van der Waals surface area contributed by atoms with Crippen LogP contribution in [0.2, 0.25) is 0 Å². The van der Waals surface area contributed by atoms with Crippen LogP contribution in [-0.4, -0.2) is 62.8 Å². The molecule has 0 unspecified atom stereocenters. The molecule has 0 aliphatic carbocycles. The van der Waals surface area contributed by atoms with Gasteiger partial charge in [-0.3, -0.25) is 4.79 Å². The van der Waals surface area contributed by atoms with Crippen molar-refractivity contribution in [1.29, 1.82) is 0 Å². The molecular weight excluding hydrogens is 362 g/mol. The average Bonchev–Trinajstić information content (AvgIpc) is 2.65. The van der Waals surface area contributed by atoms with Crippen LogP contribution in [0.1, 0.15) is 45.6 Å². The first-order valence-electron chi connectivity index (χ1n) is 9.80. The first kappa shape index (κ1) is 21.9. The van der Waals surface area contributed by atoms with Gasteiger partial charge in [0, 0.05) is 32.7 Å². The van der Waals surface area contributed by atoms with E-state index in [0.717, 1.165) is 25.1 Å². The van der Waals surface area contributed by atoms with Crippen molar-refractivity contribution in [1.82, 2.24) is 14.5 Å². The molecule has 0 aromatic heterocycles. The molecule has 1 heterocycles. The summed E-state index contributed by atoms with van der Waals surface area (Å²) in [5, 5.41) is 3.21. The Morgan fingerprint density at radius 1 is 1.11 bits per heavy atom. The molecule has 1 aliphatic rings. The second-order valence-corrected chi connectivity index (χ2v) is 9.81. The van der Waals surface area contributed by atoms with E-state index >= 15 is 0 Å². The zero-order chi connectivity index (χ0) is 20.0. The minimum absolute atomic E-state index is 0.0962. The van der Waals surface area contributed by atoms with E-state index in [1.807, 2.05) is 12.1 Å². The second-order valence-electron chi connectivity index (χ2n) is 7.88. The third kappa shape index (κ3) is 6.02. The molecule has 0 atom stereocenters. The fourth-order valence-corrected chi connectivity index (χ4v) is 4.43. The molecular formula is C20H33N3O3S. The van der Waals surface area contributed by atoms with Crippen LogP contribution in [0, 0.1) is 5.92 Å². The van der Waals surface area contributed by atoms with Gasteiger partial charge in [0.2, 0.25) is 15.9 Å². The molecule has 1 aromatic carbocycles. The zero-order valence-electron chi connectivity index (χ0n) is 16.9. The van der Waals surface area contributed by atoms with Crippen LogP contribution < -0.4 is 5.32 Å². The predicted octanol–water partition coefficient (Wildman–Crippen LogP) is 2.28. The highest BCUT2D eigenvalue weighted by molar-refractivity contribution is 7.89. The van der Waals surface area contributed by atoms with E-state index in [1.54, 1.807) is 17.0 Å². The Kier molecular flexibility index (Phi) is 7.82. The summed E-state index contributed by atoms with van der Waals surface area (Å²) < 4.78 is 27.7. The number of nitrogens with one attached hydrogen (secondary N) is 1. The highest BCUT2D eigenvalue weighted by Gasteiger charge is 2.29. The number of piperazine rings is 1. The van der Waals surface area contributed by atoms with E-state index in [4.69, 9.17) is 0 Å². The average molecular weight is 396 g/mol. The van der Waals surface area contributed by atoms with Gasteiger partial charge in [0.15, 0.2) is 0 Å². The molecule has 0 bridgehead atoms. The molecule has 1 aliphatic heterocycles. The molecule has 1 saturated heterocycles. The molecule has 0 saturated carbocycles. The van der Waals surface area contributed by atoms with Gasteiger partial charge >= 0.3 is 0 Å². The number of benzene rings is 1. The fraction of sp³-hybridized carbons (Fsp3) is 0.650. The lowest BCUT2D eigenvalue weighted by atomic mass is 10.0. The number of hydrogen-bond acceptors (Lipinski definition) is 4. The summed E-state index contributed by atoms with van der Waals surface area (Å²) in [7, 11) is -3.70. The Morgan fingerprint density at radius 2 is 1.70 bits per heavy atom. The van der Waals surface area contributed by atoms with Crippen molar-refractivity contribution in [2.45, 2.75) is 44.9 Å². The summed E-state index contributed by atoms with van der Waals surface area (Å²) in [6, 6.07) is 7.03. The molecule has 2 rings (SSSR count). The van der Waals surface area contributed by atoms with Crippen molar-refractivity contribution in [2.24, 2.45) is 5.92 Å². The molecule has 1 aromatic rings. The molecule has 1 fully saturated rings. The Morgan fingerprint density at radius 3 is 2.22 bits per heavy atom. The van der Waals surface area contributed by atoms with Gasteiger partial charge in [-0.25, -0.2) is 8.42 Å². The molecule has 7 heteroatoms. The number of carbonyl (C=O) groups excluding carboxylic acids is 1. The maximum Gasteiger partial charge on any atom is 0.243 e. The summed E-state index contributed by atoms with van der Waals surface area (Å²) in [6.07, 6.45) is 0.720. The number of sulfonamides is 1. The van der Waals surface area contributed by atoms with Gasteiger partial charge in [-0.1, -0.05) is 39.8 Å². The molecule has 27 heavy (non-hydrogen) atoms. The maximum atomic E-state index is 13.2. The Hall–Kier alpha value is -1.44. The van der Waals surface area contributed by atoms with Gasteiger partial charge in [0.1, 0.15) is 0 Å². The van der Waals surface area contributed by atoms with Crippen LogP contribution in [0.25, 0.3) is 0 Å². The SMILES string of the molecule is CC(C)CCN(CC(=O)N1CCNCC1)S(=O)(=O)c1ccc(C(C)C)cc1. The van der Waals surface area contributed by atoms with Gasteiger partial charge in [0.05, 0.1) is 11.4 Å². The van der Waals surface area contributed by atoms with Crippen LogP contribution in [0.3, 0.4) is 0 Å². The number of nitrogens with zero attached hydrogens (tertiary/aromatic N) is 2. The van der Waals surface area contributed by atoms with E-state index in [-0.39, 0.29) is 17.3 Å². The highest BCUT2D eigenvalue weighted by Crippen LogP contribution is 2.21. The quantitative estimate of drug-likeness (QED) is 0.733. The van der Waals surface area contributed by atoms with Crippen LogP contribution in [-0.2, 0) is 14.8 Å². The summed E-state index contributed by atoms with van der Waals surface area (Å²) in [5.74, 6) is 0.580. The van der Waals surface area contributed by atoms with Crippen molar-refractivity contribution in [3.05, 3.63) is 29.8 Å². The smallest absolute Gasteiger partial charge is 0.243 e. The Balaban J connectivity index is 2.20. The van der Waals surface area contributed by atoms with Crippen molar-refractivity contribution in [2.75, 3.05) is 39.3 Å². The number of rotatable bonds is 8. The topological polar surface area (TPSA) is 69.7 Å². The molecule has 0 radical (unpaired) electrons. The maximum absolute atomic E-state index is 13.2. The monoisotopic (exact) mass is 395 g/mol. The van der Waals surface area contributed by atoms with E-state index in [0.29, 0.717) is 31.5 Å². The van der Waals surface area contributed by atoms with Gasteiger partial charge in [-0.05, 0) is 36.0 Å². The van der Waals surface area contributed by atoms with Crippen LogP contribution in [0.5, 0.6) is 0 Å². The number of carbonyl (C=O) groups is 1. The highest BCUT2D eigenvalue weighted by atomic mass is 32.2. The minimum Gasteiger partial charge on any atom is -0.339 e. The van der Waals surface area contributed by atoms with Crippen LogP contribution in [0.15, 0.2) is 29.2 Å². The lowest BCUT2D eigenvalue weighted by Crippen LogP contribution is -2.50. The van der Waals surface area contributed by atoms with Gasteiger partial charge in [-0.15, -0.1) is 0 Å². The first-order chi connectivity index (χ1) is 12.7. The minimum atomic E-state index is -3.70. The molecule has 1 N–H and O–H groups in total. The van der Waals surface area contributed by atoms with Crippen LogP contribution >= 0.6 is 0 Å². The predicted molar refractivity (Wildman–Crippen MR) is 108 cm³/mol. The third-order valence-corrected chi connectivity index (χ3v) is 6.78. The fourth-order valence-electron chi connectivity index (χ4n) is 3.03. The van der Waals surface area contributed by atoms with Gasteiger partial charge in [0.25, 0.3) is 0 Å². The van der Waals surface area contributed by atoms with Crippen molar-refractivity contribution >= 4 is 15.9 Å². The summed E-state index contributed by atoms with van der Waals surface area (Å²) >= 11 is 0. The molecule has 1 amide bonds. The van der Waals surface area contributed by atoms with Gasteiger partial charge in [-0.2, -0.15) is 4.31 Å². The Labute approximate surface area is 164 Å². The summed E-state index contributed by atoms with van der Waals surface area (Å²) in [4.78, 5) is 14.7. The van der Waals surface area contributed by atoms with E-state index in [2.05, 4.69) is 33.0 Å². The van der Waals surface area contributed by atoms with Crippen molar-refractivity contribution < 1.29 is 13.2 Å². The van der Waals surface area contributed by atoms with Crippen LogP contribution in [0.4, 0.5) is 0 Å². The van der Waals surface area contributed by atoms with E-state index in [1.165, 1.54) is 4.31 Å². The van der Waals surface area contributed by atoms with Crippen molar-refractivity contribution in [3.8, 4) is 0 Å². The van der Waals surface area contributed by atoms with Crippen molar-refractivity contribution in [3.63, 3.8) is 0 Å².